The Hall–Kier alpha value is -0.120. The van der Waals surface area contributed by atoms with Gasteiger partial charge in [0.15, 0.2) is 0 Å². The third-order valence-corrected chi connectivity index (χ3v) is 3.60. The molecule has 1 saturated heterocycles. The number of nitrogens with one attached hydrogen (secondary N) is 1. The van der Waals surface area contributed by atoms with Gasteiger partial charge in [0, 0.05) is 25.7 Å². The number of unbranched alkanes of at least 4 members (excludes halogenated alkanes) is 2. The Balaban J connectivity index is 2.02. The van der Waals surface area contributed by atoms with Crippen molar-refractivity contribution in [3.8, 4) is 0 Å². The van der Waals surface area contributed by atoms with E-state index in [-0.39, 0.29) is 0 Å². The van der Waals surface area contributed by atoms with Crippen LogP contribution in [-0.4, -0.2) is 49.8 Å². The molecule has 0 unspecified atom stereocenters. The molecule has 0 bridgehead atoms. The molecule has 0 aromatic carbocycles. The van der Waals surface area contributed by atoms with E-state index in [1.165, 1.54) is 32.2 Å². The summed E-state index contributed by atoms with van der Waals surface area (Å²) in [7, 11) is 0. The highest BCUT2D eigenvalue weighted by molar-refractivity contribution is 4.72. The fourth-order valence-electron chi connectivity index (χ4n) is 2.70. The first kappa shape index (κ1) is 16.9. The summed E-state index contributed by atoms with van der Waals surface area (Å²) in [6.45, 7) is 14.6. The van der Waals surface area contributed by atoms with E-state index < -0.39 is 0 Å². The lowest BCUT2D eigenvalue weighted by Crippen LogP contribution is -2.43. The van der Waals surface area contributed by atoms with Crippen molar-refractivity contribution in [1.29, 1.82) is 0 Å². The predicted octanol–water partition coefficient (Wildman–Crippen LogP) is 2.90. The van der Waals surface area contributed by atoms with Crippen LogP contribution in [0.1, 0.15) is 53.4 Å². The zero-order valence-corrected chi connectivity index (χ0v) is 13.5. The molecule has 0 aliphatic carbocycles. The molecule has 0 aromatic heterocycles. The molecule has 19 heavy (non-hydrogen) atoms. The summed E-state index contributed by atoms with van der Waals surface area (Å²) in [5.74, 6) is 0.765. The third kappa shape index (κ3) is 8.61. The topological polar surface area (TPSA) is 24.5 Å². The molecule has 1 aliphatic rings. The minimum absolute atomic E-state index is 0.477. The molecule has 0 aromatic rings. The van der Waals surface area contributed by atoms with Gasteiger partial charge in [0.2, 0.25) is 0 Å². The van der Waals surface area contributed by atoms with Crippen LogP contribution >= 0.6 is 0 Å². The summed E-state index contributed by atoms with van der Waals surface area (Å²) in [4.78, 5) is 2.57. The van der Waals surface area contributed by atoms with Crippen LogP contribution in [0, 0.1) is 5.92 Å². The first-order valence-corrected chi connectivity index (χ1v) is 8.15. The molecular formula is C16H34N2O. The maximum absolute atomic E-state index is 5.88. The molecule has 1 rings (SSSR count). The summed E-state index contributed by atoms with van der Waals surface area (Å²) in [6, 6.07) is 0.617. The van der Waals surface area contributed by atoms with Crippen LogP contribution in [0.3, 0.4) is 0 Å². The number of morpholine rings is 1. The Morgan fingerprint density at radius 3 is 2.63 bits per heavy atom. The molecule has 1 N–H and O–H groups in total. The van der Waals surface area contributed by atoms with Gasteiger partial charge in [-0.3, -0.25) is 4.90 Å². The van der Waals surface area contributed by atoms with Crippen molar-refractivity contribution in [2.24, 2.45) is 5.92 Å². The van der Waals surface area contributed by atoms with Crippen molar-refractivity contribution in [3.63, 3.8) is 0 Å². The van der Waals surface area contributed by atoms with Crippen molar-refractivity contribution < 1.29 is 4.74 Å². The number of ether oxygens (including phenoxy) is 1. The molecule has 1 heterocycles. The van der Waals surface area contributed by atoms with Crippen LogP contribution in [0.15, 0.2) is 0 Å². The van der Waals surface area contributed by atoms with Gasteiger partial charge in [-0.1, -0.05) is 40.5 Å². The van der Waals surface area contributed by atoms with Crippen molar-refractivity contribution in [1.82, 2.24) is 10.2 Å². The third-order valence-electron chi connectivity index (χ3n) is 3.60. The lowest BCUT2D eigenvalue weighted by Gasteiger charge is -2.34. The molecule has 1 atom stereocenters. The Bertz CT molecular complexity index is 219. The van der Waals surface area contributed by atoms with Crippen molar-refractivity contribution in [2.75, 3.05) is 32.8 Å². The van der Waals surface area contributed by atoms with E-state index in [2.05, 4.69) is 37.9 Å². The Morgan fingerprint density at radius 1 is 1.16 bits per heavy atom. The van der Waals surface area contributed by atoms with E-state index in [0.717, 1.165) is 32.2 Å². The van der Waals surface area contributed by atoms with E-state index in [4.69, 9.17) is 4.74 Å². The molecule has 3 nitrogen and oxygen atoms in total. The normalized spacial score (nSPS) is 21.5. The van der Waals surface area contributed by atoms with E-state index in [9.17, 15) is 0 Å². The van der Waals surface area contributed by atoms with E-state index in [0.29, 0.717) is 12.1 Å². The van der Waals surface area contributed by atoms with Gasteiger partial charge >= 0.3 is 0 Å². The van der Waals surface area contributed by atoms with Crippen LogP contribution in [0.4, 0.5) is 0 Å². The monoisotopic (exact) mass is 270 g/mol. The Labute approximate surface area is 120 Å². The molecule has 0 spiro atoms. The number of rotatable bonds is 9. The fourth-order valence-corrected chi connectivity index (χ4v) is 2.70. The van der Waals surface area contributed by atoms with Gasteiger partial charge in [-0.05, 0) is 25.3 Å². The fraction of sp³-hybridized carbons (Fsp3) is 1.00. The van der Waals surface area contributed by atoms with E-state index in [1.54, 1.807) is 0 Å². The standard InChI is InChI=1S/C16H34N2O/c1-14(2)12-18-10-11-19-16(13-18)8-6-5-7-9-17-15(3)4/h14-17H,5-13H2,1-4H3/t16-/m1/s1. The van der Waals surface area contributed by atoms with Crippen LogP contribution in [0.25, 0.3) is 0 Å². The second kappa shape index (κ2) is 9.73. The summed E-state index contributed by atoms with van der Waals surface area (Å²) < 4.78 is 5.88. The zero-order chi connectivity index (χ0) is 14.1. The van der Waals surface area contributed by atoms with E-state index in [1.807, 2.05) is 0 Å². The SMILES string of the molecule is CC(C)CN1CCO[C@H](CCCCCNC(C)C)C1. The molecule has 114 valence electrons. The summed E-state index contributed by atoms with van der Waals surface area (Å²) >= 11 is 0. The Morgan fingerprint density at radius 2 is 1.95 bits per heavy atom. The maximum Gasteiger partial charge on any atom is 0.0702 e. The highest BCUT2D eigenvalue weighted by Gasteiger charge is 2.20. The zero-order valence-electron chi connectivity index (χ0n) is 13.5. The molecular weight excluding hydrogens is 236 g/mol. The second-order valence-corrected chi connectivity index (χ2v) is 6.60. The Kier molecular flexibility index (Phi) is 8.67. The molecule has 3 heteroatoms. The summed E-state index contributed by atoms with van der Waals surface area (Å²) in [5, 5.41) is 3.47. The molecule has 1 aliphatic heterocycles. The quantitative estimate of drug-likeness (QED) is 0.652. The number of hydrogen-bond donors (Lipinski definition) is 1. The van der Waals surface area contributed by atoms with Crippen molar-refractivity contribution in [2.45, 2.75) is 65.5 Å². The smallest absolute Gasteiger partial charge is 0.0702 e. The average molecular weight is 270 g/mol. The number of hydrogen-bond acceptors (Lipinski definition) is 3. The van der Waals surface area contributed by atoms with Crippen LogP contribution in [-0.2, 0) is 4.74 Å². The van der Waals surface area contributed by atoms with Gasteiger partial charge in [-0.15, -0.1) is 0 Å². The van der Waals surface area contributed by atoms with Gasteiger partial charge < -0.3 is 10.1 Å². The van der Waals surface area contributed by atoms with Crippen LogP contribution in [0.5, 0.6) is 0 Å². The molecule has 0 saturated carbocycles. The molecule has 1 fully saturated rings. The highest BCUT2D eigenvalue weighted by Crippen LogP contribution is 2.13. The van der Waals surface area contributed by atoms with Gasteiger partial charge in [0.25, 0.3) is 0 Å². The van der Waals surface area contributed by atoms with Crippen molar-refractivity contribution in [3.05, 3.63) is 0 Å². The summed E-state index contributed by atoms with van der Waals surface area (Å²) in [5.41, 5.74) is 0. The van der Waals surface area contributed by atoms with Crippen LogP contribution in [0.2, 0.25) is 0 Å². The highest BCUT2D eigenvalue weighted by atomic mass is 16.5. The minimum Gasteiger partial charge on any atom is -0.376 e. The first-order chi connectivity index (χ1) is 9.08. The predicted molar refractivity (Wildman–Crippen MR) is 82.6 cm³/mol. The number of nitrogens with zero attached hydrogens (tertiary/aromatic N) is 1. The molecule has 0 amide bonds. The van der Waals surface area contributed by atoms with Gasteiger partial charge in [0.05, 0.1) is 12.7 Å². The van der Waals surface area contributed by atoms with E-state index >= 15 is 0 Å². The van der Waals surface area contributed by atoms with Gasteiger partial charge in [-0.2, -0.15) is 0 Å². The lowest BCUT2D eigenvalue weighted by atomic mass is 10.1. The minimum atomic E-state index is 0.477. The average Bonchev–Trinajstić information content (AvgIpc) is 2.33. The molecule has 0 radical (unpaired) electrons. The second-order valence-electron chi connectivity index (χ2n) is 6.60. The van der Waals surface area contributed by atoms with Crippen LogP contribution < -0.4 is 5.32 Å². The van der Waals surface area contributed by atoms with Gasteiger partial charge in [-0.25, -0.2) is 0 Å². The largest absolute Gasteiger partial charge is 0.376 e. The summed E-state index contributed by atoms with van der Waals surface area (Å²) in [6.07, 6.45) is 5.63. The maximum atomic E-state index is 5.88. The first-order valence-electron chi connectivity index (χ1n) is 8.15. The van der Waals surface area contributed by atoms with Crippen molar-refractivity contribution >= 4 is 0 Å². The van der Waals surface area contributed by atoms with Gasteiger partial charge in [0.1, 0.15) is 0 Å². The lowest BCUT2D eigenvalue weighted by molar-refractivity contribution is -0.0360.